The maximum Gasteiger partial charge on any atom is 0.0897 e. The van der Waals surface area contributed by atoms with Crippen LogP contribution in [0.2, 0.25) is 0 Å². The first-order valence-corrected chi connectivity index (χ1v) is 6.27. The molecular formula is C11H17NO2S. The molecule has 1 saturated heterocycles. The van der Waals surface area contributed by atoms with Crippen LogP contribution in [-0.4, -0.2) is 28.9 Å². The van der Waals surface area contributed by atoms with E-state index < -0.39 is 5.60 Å². The Bertz CT molecular complexity index is 316. The van der Waals surface area contributed by atoms with Gasteiger partial charge in [-0.25, -0.2) is 4.98 Å². The molecule has 0 saturated carbocycles. The molecule has 0 amide bonds. The van der Waals surface area contributed by atoms with E-state index in [1.165, 1.54) is 0 Å². The molecule has 2 heterocycles. The highest BCUT2D eigenvalue weighted by Crippen LogP contribution is 2.26. The topological polar surface area (TPSA) is 42.4 Å². The molecule has 0 radical (unpaired) electrons. The largest absolute Gasteiger partial charge is 0.389 e. The van der Waals surface area contributed by atoms with Crippen LogP contribution in [0.1, 0.15) is 30.0 Å². The van der Waals surface area contributed by atoms with Crippen molar-refractivity contribution < 1.29 is 9.84 Å². The van der Waals surface area contributed by atoms with Gasteiger partial charge in [-0.3, -0.25) is 0 Å². The van der Waals surface area contributed by atoms with Crippen LogP contribution in [0.15, 0.2) is 5.38 Å². The second kappa shape index (κ2) is 4.60. The summed E-state index contributed by atoms with van der Waals surface area (Å²) in [6.45, 7) is 3.44. The van der Waals surface area contributed by atoms with E-state index >= 15 is 0 Å². The summed E-state index contributed by atoms with van der Waals surface area (Å²) < 4.78 is 5.36. The molecule has 0 bridgehead atoms. The number of nitrogens with zero attached hydrogens (tertiary/aromatic N) is 1. The van der Waals surface area contributed by atoms with Crippen LogP contribution in [-0.2, 0) is 11.2 Å². The number of hydrogen-bond acceptors (Lipinski definition) is 4. The summed E-state index contributed by atoms with van der Waals surface area (Å²) in [7, 11) is 0. The van der Waals surface area contributed by atoms with E-state index in [4.69, 9.17) is 4.74 Å². The van der Waals surface area contributed by atoms with Gasteiger partial charge in [0.2, 0.25) is 0 Å². The number of rotatable bonds is 2. The van der Waals surface area contributed by atoms with Gasteiger partial charge in [0.05, 0.1) is 16.3 Å². The number of ether oxygens (including phenoxy) is 1. The van der Waals surface area contributed by atoms with Crippen LogP contribution in [0.4, 0.5) is 0 Å². The standard InChI is InChI=1S/C11H17NO2S/c1-9-12-10(8-15-9)7-11(13)3-2-5-14-6-4-11/h8,13H,2-7H2,1H3. The number of aromatic nitrogens is 1. The maximum atomic E-state index is 10.4. The molecule has 2 rings (SSSR count). The van der Waals surface area contributed by atoms with Gasteiger partial charge in [-0.2, -0.15) is 0 Å². The van der Waals surface area contributed by atoms with Crippen molar-refractivity contribution in [2.45, 2.75) is 38.2 Å². The molecule has 1 aromatic heterocycles. The van der Waals surface area contributed by atoms with E-state index in [0.29, 0.717) is 13.0 Å². The first-order valence-electron chi connectivity index (χ1n) is 5.39. The molecule has 1 aromatic rings. The van der Waals surface area contributed by atoms with Crippen molar-refractivity contribution in [2.24, 2.45) is 0 Å². The summed E-state index contributed by atoms with van der Waals surface area (Å²) in [5, 5.41) is 13.5. The summed E-state index contributed by atoms with van der Waals surface area (Å²) >= 11 is 1.64. The van der Waals surface area contributed by atoms with E-state index in [1.807, 2.05) is 12.3 Å². The fourth-order valence-corrected chi connectivity index (χ4v) is 2.61. The summed E-state index contributed by atoms with van der Waals surface area (Å²) in [6.07, 6.45) is 3.16. The van der Waals surface area contributed by atoms with E-state index in [2.05, 4.69) is 4.98 Å². The number of thiazole rings is 1. The van der Waals surface area contributed by atoms with Crippen molar-refractivity contribution in [2.75, 3.05) is 13.2 Å². The van der Waals surface area contributed by atoms with Gasteiger partial charge in [0.25, 0.3) is 0 Å². The Morgan fingerprint density at radius 3 is 3.13 bits per heavy atom. The Morgan fingerprint density at radius 2 is 2.40 bits per heavy atom. The second-order valence-electron chi connectivity index (χ2n) is 4.22. The van der Waals surface area contributed by atoms with Crippen molar-refractivity contribution in [1.82, 2.24) is 4.98 Å². The van der Waals surface area contributed by atoms with Gasteiger partial charge in [0, 0.05) is 25.0 Å². The fourth-order valence-electron chi connectivity index (χ4n) is 2.00. The average molecular weight is 227 g/mol. The van der Waals surface area contributed by atoms with Crippen molar-refractivity contribution in [3.63, 3.8) is 0 Å². The van der Waals surface area contributed by atoms with Gasteiger partial charge >= 0.3 is 0 Å². The molecule has 0 aliphatic carbocycles. The maximum absolute atomic E-state index is 10.4. The predicted molar refractivity (Wildman–Crippen MR) is 60.2 cm³/mol. The van der Waals surface area contributed by atoms with Crippen molar-refractivity contribution in [3.8, 4) is 0 Å². The zero-order chi connectivity index (χ0) is 10.7. The molecule has 1 fully saturated rings. The van der Waals surface area contributed by atoms with E-state index in [9.17, 15) is 5.11 Å². The minimum atomic E-state index is -0.600. The SMILES string of the molecule is Cc1nc(CC2(O)CCCOCC2)cs1. The Balaban J connectivity index is 2.02. The normalized spacial score (nSPS) is 27.6. The van der Waals surface area contributed by atoms with Gasteiger partial charge < -0.3 is 9.84 Å². The zero-order valence-corrected chi connectivity index (χ0v) is 9.85. The second-order valence-corrected chi connectivity index (χ2v) is 5.29. The molecule has 84 valence electrons. The lowest BCUT2D eigenvalue weighted by Crippen LogP contribution is -2.31. The minimum Gasteiger partial charge on any atom is -0.389 e. The average Bonchev–Trinajstić information content (AvgIpc) is 2.46. The smallest absolute Gasteiger partial charge is 0.0897 e. The Morgan fingerprint density at radius 1 is 1.53 bits per heavy atom. The van der Waals surface area contributed by atoms with Crippen LogP contribution in [0.25, 0.3) is 0 Å². The number of aliphatic hydroxyl groups is 1. The summed E-state index contributed by atoms with van der Waals surface area (Å²) in [6, 6.07) is 0. The molecule has 4 heteroatoms. The van der Waals surface area contributed by atoms with Gasteiger partial charge in [0.1, 0.15) is 0 Å². The van der Waals surface area contributed by atoms with Gasteiger partial charge in [-0.15, -0.1) is 11.3 Å². The minimum absolute atomic E-state index is 0.600. The molecule has 0 aromatic carbocycles. The molecule has 1 unspecified atom stereocenters. The van der Waals surface area contributed by atoms with Crippen molar-refractivity contribution in [3.05, 3.63) is 16.1 Å². The monoisotopic (exact) mass is 227 g/mol. The molecular weight excluding hydrogens is 210 g/mol. The number of hydrogen-bond donors (Lipinski definition) is 1. The Labute approximate surface area is 94.1 Å². The Kier molecular flexibility index (Phi) is 3.38. The molecule has 1 N–H and O–H groups in total. The lowest BCUT2D eigenvalue weighted by atomic mass is 9.90. The quantitative estimate of drug-likeness (QED) is 0.839. The van der Waals surface area contributed by atoms with Crippen LogP contribution in [0.3, 0.4) is 0 Å². The summed E-state index contributed by atoms with van der Waals surface area (Å²) in [5.74, 6) is 0. The molecule has 1 aliphatic heterocycles. The van der Waals surface area contributed by atoms with Crippen molar-refractivity contribution in [1.29, 1.82) is 0 Å². The van der Waals surface area contributed by atoms with Gasteiger partial charge in [-0.05, 0) is 26.2 Å². The highest BCUT2D eigenvalue weighted by molar-refractivity contribution is 7.09. The summed E-state index contributed by atoms with van der Waals surface area (Å²) in [5.41, 5.74) is 0.415. The summed E-state index contributed by atoms with van der Waals surface area (Å²) in [4.78, 5) is 4.40. The first kappa shape index (κ1) is 11.0. The third-order valence-electron chi connectivity index (χ3n) is 2.82. The van der Waals surface area contributed by atoms with Crippen LogP contribution in [0.5, 0.6) is 0 Å². The number of aryl methyl sites for hydroxylation is 1. The van der Waals surface area contributed by atoms with Gasteiger partial charge in [-0.1, -0.05) is 0 Å². The van der Waals surface area contributed by atoms with E-state index in [0.717, 1.165) is 36.6 Å². The lowest BCUT2D eigenvalue weighted by Gasteiger charge is -2.24. The third kappa shape index (κ3) is 3.00. The third-order valence-corrected chi connectivity index (χ3v) is 3.64. The highest BCUT2D eigenvalue weighted by atomic mass is 32.1. The van der Waals surface area contributed by atoms with Crippen LogP contribution < -0.4 is 0 Å². The van der Waals surface area contributed by atoms with E-state index in [-0.39, 0.29) is 0 Å². The molecule has 15 heavy (non-hydrogen) atoms. The fraction of sp³-hybridized carbons (Fsp3) is 0.727. The predicted octanol–water partition coefficient (Wildman–Crippen LogP) is 1.93. The first-order chi connectivity index (χ1) is 7.18. The van der Waals surface area contributed by atoms with Gasteiger partial charge in [0.15, 0.2) is 0 Å². The lowest BCUT2D eigenvalue weighted by molar-refractivity contribution is 0.0181. The molecule has 0 spiro atoms. The van der Waals surface area contributed by atoms with Crippen molar-refractivity contribution >= 4 is 11.3 Å². The molecule has 1 aliphatic rings. The van der Waals surface area contributed by atoms with E-state index in [1.54, 1.807) is 11.3 Å². The van der Waals surface area contributed by atoms with Crippen LogP contribution >= 0.6 is 11.3 Å². The highest BCUT2D eigenvalue weighted by Gasteiger charge is 2.29. The Hall–Kier alpha value is -0.450. The van der Waals surface area contributed by atoms with Crippen LogP contribution in [0, 0.1) is 6.92 Å². The zero-order valence-electron chi connectivity index (χ0n) is 9.03. The molecule has 3 nitrogen and oxygen atoms in total. The molecule has 1 atom stereocenters.